The largest absolute Gasteiger partial charge is 0.392 e. The van der Waals surface area contributed by atoms with E-state index in [4.69, 9.17) is 9.84 Å². The molecule has 0 aromatic carbocycles. The Morgan fingerprint density at radius 2 is 2.21 bits per heavy atom. The second-order valence-electron chi connectivity index (χ2n) is 4.73. The first-order valence-electron chi connectivity index (χ1n) is 6.12. The van der Waals surface area contributed by atoms with Gasteiger partial charge < -0.3 is 9.84 Å². The number of nitrogens with one attached hydrogen (secondary N) is 1. The molecule has 0 radical (unpaired) electrons. The van der Waals surface area contributed by atoms with Gasteiger partial charge >= 0.3 is 0 Å². The molecular weight excluding hydrogens is 268 g/mol. The van der Waals surface area contributed by atoms with Crippen LogP contribution in [0.1, 0.15) is 24.8 Å². The summed E-state index contributed by atoms with van der Waals surface area (Å²) < 4.78 is 32.0. The summed E-state index contributed by atoms with van der Waals surface area (Å²) in [6, 6.07) is 2.92. The van der Waals surface area contributed by atoms with E-state index in [9.17, 15) is 8.42 Å². The number of aliphatic hydroxyl groups excluding tert-OH is 1. The zero-order valence-electron chi connectivity index (χ0n) is 10.8. The molecule has 19 heavy (non-hydrogen) atoms. The van der Waals surface area contributed by atoms with Crippen LogP contribution >= 0.6 is 0 Å². The molecule has 6 nitrogen and oxygen atoms in total. The Hall–Kier alpha value is -1.02. The molecule has 0 amide bonds. The summed E-state index contributed by atoms with van der Waals surface area (Å²) in [5.41, 5.74) is 0.212. The maximum Gasteiger partial charge on any atom is 0.258 e. The highest BCUT2D eigenvalue weighted by atomic mass is 32.2. The predicted octanol–water partition coefficient (Wildman–Crippen LogP) is 0.421. The van der Waals surface area contributed by atoms with Gasteiger partial charge in [0, 0.05) is 19.9 Å². The average molecular weight is 286 g/mol. The van der Waals surface area contributed by atoms with Gasteiger partial charge in [0.25, 0.3) is 10.0 Å². The van der Waals surface area contributed by atoms with Gasteiger partial charge in [-0.05, 0) is 30.9 Å². The molecule has 0 atom stereocenters. The van der Waals surface area contributed by atoms with E-state index in [-0.39, 0.29) is 23.8 Å². The summed E-state index contributed by atoms with van der Waals surface area (Å²) >= 11 is 0. The molecule has 1 aliphatic rings. The van der Waals surface area contributed by atoms with Crippen LogP contribution in [-0.2, 0) is 21.4 Å². The Morgan fingerprint density at radius 3 is 2.63 bits per heavy atom. The lowest BCUT2D eigenvalue weighted by Crippen LogP contribution is -2.49. The number of nitrogens with zero attached hydrogens (tertiary/aromatic N) is 1. The number of aromatic nitrogens is 1. The second-order valence-corrected chi connectivity index (χ2v) is 6.44. The summed E-state index contributed by atoms with van der Waals surface area (Å²) in [6.45, 7) is 0.100. The summed E-state index contributed by atoms with van der Waals surface area (Å²) in [4.78, 5) is 3.84. The molecule has 1 saturated carbocycles. The number of methoxy groups -OCH3 is 1. The third kappa shape index (κ3) is 3.11. The highest BCUT2D eigenvalue weighted by Gasteiger charge is 2.38. The quantitative estimate of drug-likeness (QED) is 0.791. The van der Waals surface area contributed by atoms with E-state index >= 15 is 0 Å². The van der Waals surface area contributed by atoms with Gasteiger partial charge in [0.15, 0.2) is 5.03 Å². The Labute approximate surface area is 112 Å². The van der Waals surface area contributed by atoms with Crippen molar-refractivity contribution in [3.05, 3.63) is 23.9 Å². The summed E-state index contributed by atoms with van der Waals surface area (Å²) in [5, 5.41) is 8.85. The van der Waals surface area contributed by atoms with Crippen molar-refractivity contribution >= 4 is 10.0 Å². The number of hydrogen-bond acceptors (Lipinski definition) is 5. The SMILES string of the molecule is COC1(CNS(=O)(=O)c2ccc(CO)cn2)CCC1. The van der Waals surface area contributed by atoms with Crippen molar-refractivity contribution < 1.29 is 18.3 Å². The van der Waals surface area contributed by atoms with Crippen LogP contribution in [0.2, 0.25) is 0 Å². The lowest BCUT2D eigenvalue weighted by molar-refractivity contribution is -0.0659. The molecule has 1 aliphatic carbocycles. The fourth-order valence-electron chi connectivity index (χ4n) is 1.99. The lowest BCUT2D eigenvalue weighted by atomic mass is 9.80. The maximum atomic E-state index is 12.0. The first-order valence-corrected chi connectivity index (χ1v) is 7.60. The van der Waals surface area contributed by atoms with Crippen molar-refractivity contribution in [1.29, 1.82) is 0 Å². The van der Waals surface area contributed by atoms with Crippen LogP contribution in [0.4, 0.5) is 0 Å². The van der Waals surface area contributed by atoms with Crippen LogP contribution < -0.4 is 4.72 Å². The van der Waals surface area contributed by atoms with Crippen molar-refractivity contribution in [2.24, 2.45) is 0 Å². The van der Waals surface area contributed by atoms with E-state index in [0.29, 0.717) is 5.56 Å². The average Bonchev–Trinajstić information content (AvgIpc) is 2.38. The zero-order chi connectivity index (χ0) is 13.9. The molecule has 2 N–H and O–H groups in total. The normalized spacial score (nSPS) is 18.0. The molecule has 0 spiro atoms. The van der Waals surface area contributed by atoms with Gasteiger partial charge in [0.2, 0.25) is 0 Å². The van der Waals surface area contributed by atoms with E-state index in [0.717, 1.165) is 19.3 Å². The molecule has 1 aromatic rings. The van der Waals surface area contributed by atoms with Gasteiger partial charge in [-0.15, -0.1) is 0 Å². The Balaban J connectivity index is 2.05. The van der Waals surface area contributed by atoms with Crippen molar-refractivity contribution in [1.82, 2.24) is 9.71 Å². The Bertz CT molecular complexity index is 518. The van der Waals surface area contributed by atoms with Crippen molar-refractivity contribution in [3.8, 4) is 0 Å². The van der Waals surface area contributed by atoms with Gasteiger partial charge in [0.05, 0.1) is 12.2 Å². The Morgan fingerprint density at radius 1 is 1.47 bits per heavy atom. The molecule has 106 valence electrons. The fourth-order valence-corrected chi connectivity index (χ4v) is 3.03. The second kappa shape index (κ2) is 5.54. The maximum absolute atomic E-state index is 12.0. The molecule has 0 bridgehead atoms. The van der Waals surface area contributed by atoms with Crippen molar-refractivity contribution in [3.63, 3.8) is 0 Å². The van der Waals surface area contributed by atoms with Crippen LogP contribution in [0.25, 0.3) is 0 Å². The van der Waals surface area contributed by atoms with E-state index in [2.05, 4.69) is 9.71 Å². The van der Waals surface area contributed by atoms with Gasteiger partial charge in [-0.2, -0.15) is 0 Å². The number of aliphatic hydroxyl groups is 1. The molecule has 1 heterocycles. The smallest absolute Gasteiger partial charge is 0.258 e. The highest BCUT2D eigenvalue weighted by molar-refractivity contribution is 7.89. The third-order valence-electron chi connectivity index (χ3n) is 3.54. The van der Waals surface area contributed by atoms with E-state index in [1.165, 1.54) is 18.3 Å². The third-order valence-corrected chi connectivity index (χ3v) is 4.85. The van der Waals surface area contributed by atoms with Crippen molar-refractivity contribution in [2.45, 2.75) is 36.5 Å². The number of sulfonamides is 1. The first-order chi connectivity index (χ1) is 9.01. The molecule has 0 unspecified atom stereocenters. The molecule has 1 fully saturated rings. The number of hydrogen-bond donors (Lipinski definition) is 2. The summed E-state index contributed by atoms with van der Waals surface area (Å²) in [5.74, 6) is 0. The van der Waals surface area contributed by atoms with Gasteiger partial charge in [-0.3, -0.25) is 0 Å². The highest BCUT2D eigenvalue weighted by Crippen LogP contribution is 2.34. The Kier molecular flexibility index (Phi) is 4.19. The van der Waals surface area contributed by atoms with Crippen molar-refractivity contribution in [2.75, 3.05) is 13.7 Å². The predicted molar refractivity (Wildman–Crippen MR) is 68.9 cm³/mol. The minimum Gasteiger partial charge on any atom is -0.392 e. The fraction of sp³-hybridized carbons (Fsp3) is 0.583. The molecular formula is C12H18N2O4S. The van der Waals surface area contributed by atoms with E-state index in [1.54, 1.807) is 7.11 Å². The monoisotopic (exact) mass is 286 g/mol. The number of pyridine rings is 1. The van der Waals surface area contributed by atoms with E-state index < -0.39 is 10.0 Å². The van der Waals surface area contributed by atoms with E-state index in [1.807, 2.05) is 0 Å². The molecule has 0 saturated heterocycles. The number of ether oxygens (including phenoxy) is 1. The number of rotatable bonds is 6. The molecule has 7 heteroatoms. The van der Waals surface area contributed by atoms with Crippen LogP contribution in [0.15, 0.2) is 23.4 Å². The first kappa shape index (κ1) is 14.4. The van der Waals surface area contributed by atoms with Gasteiger partial charge in [0.1, 0.15) is 0 Å². The van der Waals surface area contributed by atoms with Crippen LogP contribution in [0.3, 0.4) is 0 Å². The molecule has 1 aromatic heterocycles. The minimum atomic E-state index is -3.63. The van der Waals surface area contributed by atoms with Crippen LogP contribution in [0.5, 0.6) is 0 Å². The topological polar surface area (TPSA) is 88.5 Å². The standard InChI is InChI=1S/C12H18N2O4S/c1-18-12(5-2-6-12)9-14-19(16,17)11-4-3-10(8-15)7-13-11/h3-4,7,14-15H,2,5-6,8-9H2,1H3. The minimum absolute atomic E-state index is 0.0460. The summed E-state index contributed by atoms with van der Waals surface area (Å²) in [6.07, 6.45) is 4.13. The molecule has 2 rings (SSSR count). The van der Waals surface area contributed by atoms with Gasteiger partial charge in [-0.1, -0.05) is 6.07 Å². The lowest BCUT2D eigenvalue weighted by Gasteiger charge is -2.40. The zero-order valence-corrected chi connectivity index (χ0v) is 11.6. The molecule has 0 aliphatic heterocycles. The van der Waals surface area contributed by atoms with Gasteiger partial charge in [-0.25, -0.2) is 18.1 Å². The summed E-state index contributed by atoms with van der Waals surface area (Å²) in [7, 11) is -2.03. The van der Waals surface area contributed by atoms with Crippen LogP contribution in [0, 0.1) is 0 Å². The van der Waals surface area contributed by atoms with Crippen LogP contribution in [-0.4, -0.2) is 37.8 Å².